The number of alkyl carbamates (subject to hydrolysis) is 1. The third-order valence-electron chi connectivity index (χ3n) is 9.85. The minimum Gasteiger partial charge on any atom is -0.444 e. The summed E-state index contributed by atoms with van der Waals surface area (Å²) in [5.41, 5.74) is 4.79. The van der Waals surface area contributed by atoms with Crippen LogP contribution in [0.3, 0.4) is 0 Å². The summed E-state index contributed by atoms with van der Waals surface area (Å²) >= 11 is 0. The van der Waals surface area contributed by atoms with E-state index in [1.54, 1.807) is 30.3 Å². The van der Waals surface area contributed by atoms with Crippen LogP contribution in [0.5, 0.6) is 0 Å². The van der Waals surface area contributed by atoms with Crippen LogP contribution in [-0.2, 0) is 30.2 Å². The number of rotatable bonds is 19. The van der Waals surface area contributed by atoms with E-state index < -0.39 is 17.7 Å². The van der Waals surface area contributed by atoms with Gasteiger partial charge >= 0.3 is 6.09 Å². The molecule has 1 fully saturated rings. The van der Waals surface area contributed by atoms with Crippen LogP contribution in [0.25, 0.3) is 22.5 Å². The Balaban J connectivity index is 1.23. The lowest BCUT2D eigenvalue weighted by Crippen LogP contribution is -2.48. The van der Waals surface area contributed by atoms with Crippen LogP contribution in [0.4, 0.5) is 10.5 Å². The Labute approximate surface area is 344 Å². The molecular formula is C43H56N8O8. The van der Waals surface area contributed by atoms with Gasteiger partial charge in [0.2, 0.25) is 17.6 Å². The highest BCUT2D eigenvalue weighted by Crippen LogP contribution is 2.30. The number of aromatic amines is 1. The maximum Gasteiger partial charge on any atom is 0.407 e. The molecule has 0 radical (unpaired) electrons. The van der Waals surface area contributed by atoms with Crippen LogP contribution >= 0.6 is 0 Å². The number of ether oxygens (including phenoxy) is 3. The predicted octanol–water partition coefficient (Wildman–Crippen LogP) is 4.59. The Morgan fingerprint density at radius 1 is 0.881 bits per heavy atom. The number of aromatic nitrogens is 4. The molecule has 1 saturated carbocycles. The molecule has 0 bridgehead atoms. The van der Waals surface area contributed by atoms with Crippen molar-refractivity contribution in [2.24, 2.45) is 11.8 Å². The fraction of sp³-hybridized carbons (Fsp3) is 0.465. The van der Waals surface area contributed by atoms with E-state index in [1.807, 2.05) is 64.1 Å². The Morgan fingerprint density at radius 3 is 2.31 bits per heavy atom. The molecule has 4 aromatic rings. The standard InChI is InChI=1S/C43H56N8O8/c1-28-24-34(39(53)44-18-20-57-22-23-58-21-19-52)14-17-36(28)33-7-5-6-30(25-33)26-37(41(55)46-35-15-12-31(13-16-35)38-48-50-51-49-38)47-40(54)32-10-8-29(9-11-32)27-45-42(56)59-43(2,3)4/h5-7,12-17,24-25,29,32,37,52H,8-11,18-23,26-27H2,1-4H3,(H,44,53)(H,45,56)(H,46,55)(H,47,54)(H,48,49,50,51)/t29?,32?,37-/m0/s1. The maximum absolute atomic E-state index is 13.9. The van der Waals surface area contributed by atoms with Crippen molar-refractivity contribution in [3.8, 4) is 22.5 Å². The summed E-state index contributed by atoms with van der Waals surface area (Å²) in [5, 5.41) is 34.5. The molecule has 16 heteroatoms. The van der Waals surface area contributed by atoms with Crippen molar-refractivity contribution in [3.63, 3.8) is 0 Å². The zero-order valence-corrected chi connectivity index (χ0v) is 34.2. The monoisotopic (exact) mass is 812 g/mol. The van der Waals surface area contributed by atoms with Gasteiger partial charge in [-0.15, -0.1) is 10.2 Å². The fourth-order valence-corrected chi connectivity index (χ4v) is 6.84. The Kier molecular flexibility index (Phi) is 16.5. The van der Waals surface area contributed by atoms with E-state index in [1.165, 1.54) is 0 Å². The minimum atomic E-state index is -0.884. The van der Waals surface area contributed by atoms with Crippen molar-refractivity contribution in [3.05, 3.63) is 83.4 Å². The van der Waals surface area contributed by atoms with Crippen LogP contribution in [0.15, 0.2) is 66.7 Å². The number of benzene rings is 3. The number of hydrogen-bond donors (Lipinski definition) is 6. The highest BCUT2D eigenvalue weighted by Gasteiger charge is 2.30. The largest absolute Gasteiger partial charge is 0.444 e. The second kappa shape index (κ2) is 21.9. The topological polar surface area (TPSA) is 219 Å². The number of aliphatic hydroxyl groups is 1. The number of carbonyl (C=O) groups excluding carboxylic acids is 4. The van der Waals surface area contributed by atoms with Crippen LogP contribution in [0.1, 0.15) is 67.9 Å². The zero-order valence-electron chi connectivity index (χ0n) is 34.2. The van der Waals surface area contributed by atoms with Gasteiger partial charge in [-0.3, -0.25) is 14.4 Å². The molecule has 16 nitrogen and oxygen atoms in total. The summed E-state index contributed by atoms with van der Waals surface area (Å²) < 4.78 is 16.0. The SMILES string of the molecule is Cc1cc(C(=O)NCCOCCOCCO)ccc1-c1cccc(C[C@H](NC(=O)C2CCC(CNC(=O)OC(C)(C)C)CC2)C(=O)Nc2ccc(-c3nn[nH]n3)cc2)c1. The van der Waals surface area contributed by atoms with Crippen LogP contribution < -0.4 is 21.3 Å². The van der Waals surface area contributed by atoms with Gasteiger partial charge in [0, 0.05) is 42.2 Å². The van der Waals surface area contributed by atoms with Crippen LogP contribution in [0.2, 0.25) is 0 Å². The van der Waals surface area contributed by atoms with Gasteiger partial charge in [-0.1, -0.05) is 30.3 Å². The Bertz CT molecular complexity index is 1980. The number of amides is 4. The Hall–Kier alpha value is -5.71. The number of hydrogen-bond acceptors (Lipinski definition) is 11. The van der Waals surface area contributed by atoms with Gasteiger partial charge in [-0.2, -0.15) is 5.21 Å². The van der Waals surface area contributed by atoms with Crippen molar-refractivity contribution < 1.29 is 38.5 Å². The number of carbonyl (C=O) groups is 4. The van der Waals surface area contributed by atoms with Gasteiger partial charge in [0.05, 0.1) is 33.0 Å². The first-order valence-corrected chi connectivity index (χ1v) is 20.0. The number of nitrogens with one attached hydrogen (secondary N) is 5. The molecule has 1 aliphatic rings. The van der Waals surface area contributed by atoms with Gasteiger partial charge in [-0.25, -0.2) is 4.79 Å². The molecule has 1 aliphatic carbocycles. The number of nitrogens with zero attached hydrogens (tertiary/aromatic N) is 3. The number of H-pyrrole nitrogens is 1. The highest BCUT2D eigenvalue weighted by atomic mass is 16.6. The van der Waals surface area contributed by atoms with Gasteiger partial charge in [-0.05, 0) is 123 Å². The smallest absolute Gasteiger partial charge is 0.407 e. The molecule has 5 rings (SSSR count). The molecule has 0 unspecified atom stereocenters. The normalized spacial score (nSPS) is 15.8. The van der Waals surface area contributed by atoms with E-state index in [0.717, 1.165) is 40.7 Å². The van der Waals surface area contributed by atoms with E-state index in [4.69, 9.17) is 19.3 Å². The lowest BCUT2D eigenvalue weighted by atomic mass is 9.81. The molecule has 6 N–H and O–H groups in total. The average Bonchev–Trinajstić information content (AvgIpc) is 3.76. The highest BCUT2D eigenvalue weighted by molar-refractivity contribution is 5.98. The number of anilines is 1. The molecule has 3 aromatic carbocycles. The summed E-state index contributed by atoms with van der Waals surface area (Å²) in [6.45, 7) is 9.52. The summed E-state index contributed by atoms with van der Waals surface area (Å²) in [5.74, 6) is -0.380. The number of tetrazole rings is 1. The fourth-order valence-electron chi connectivity index (χ4n) is 6.84. The van der Waals surface area contributed by atoms with Gasteiger partial charge in [0.1, 0.15) is 11.6 Å². The number of aryl methyl sites for hydroxylation is 1. The van der Waals surface area contributed by atoms with Crippen LogP contribution in [-0.4, -0.2) is 107 Å². The summed E-state index contributed by atoms with van der Waals surface area (Å²) in [7, 11) is 0. The molecule has 0 aliphatic heterocycles. The predicted molar refractivity (Wildman–Crippen MR) is 221 cm³/mol. The van der Waals surface area contributed by atoms with Crippen molar-refractivity contribution in [2.75, 3.05) is 51.4 Å². The molecule has 4 amide bonds. The van der Waals surface area contributed by atoms with Crippen molar-refractivity contribution >= 4 is 29.5 Å². The van der Waals surface area contributed by atoms with Gasteiger partial charge in [0.15, 0.2) is 0 Å². The number of aliphatic hydroxyl groups excluding tert-OH is 1. The van der Waals surface area contributed by atoms with E-state index in [2.05, 4.69) is 41.9 Å². The molecule has 0 spiro atoms. The molecule has 316 valence electrons. The summed E-state index contributed by atoms with van der Waals surface area (Å²) in [6.07, 6.45) is 2.57. The second-order valence-electron chi connectivity index (χ2n) is 15.6. The lowest BCUT2D eigenvalue weighted by molar-refractivity contribution is -0.130. The van der Waals surface area contributed by atoms with Crippen LogP contribution in [0, 0.1) is 18.8 Å². The first kappa shape index (κ1) is 44.4. The summed E-state index contributed by atoms with van der Waals surface area (Å²) in [6, 6.07) is 19.5. The maximum atomic E-state index is 13.9. The lowest BCUT2D eigenvalue weighted by Gasteiger charge is -2.29. The second-order valence-corrected chi connectivity index (χ2v) is 15.6. The quantitative estimate of drug-likeness (QED) is 0.0720. The molecule has 59 heavy (non-hydrogen) atoms. The third kappa shape index (κ3) is 14.3. The van der Waals surface area contributed by atoms with Crippen molar-refractivity contribution in [2.45, 2.75) is 71.4 Å². The third-order valence-corrected chi connectivity index (χ3v) is 9.85. The van der Waals surface area contributed by atoms with E-state index in [9.17, 15) is 19.2 Å². The zero-order chi connectivity index (χ0) is 42.2. The van der Waals surface area contributed by atoms with Gasteiger partial charge < -0.3 is 40.6 Å². The van der Waals surface area contributed by atoms with Gasteiger partial charge in [0.25, 0.3) is 5.91 Å². The van der Waals surface area contributed by atoms with E-state index >= 15 is 0 Å². The van der Waals surface area contributed by atoms with Crippen molar-refractivity contribution in [1.82, 2.24) is 36.6 Å². The van der Waals surface area contributed by atoms with Crippen molar-refractivity contribution in [1.29, 1.82) is 0 Å². The van der Waals surface area contributed by atoms with E-state index in [0.29, 0.717) is 62.8 Å². The molecule has 1 atom stereocenters. The molecular weight excluding hydrogens is 757 g/mol. The molecule has 1 heterocycles. The summed E-state index contributed by atoms with van der Waals surface area (Å²) in [4.78, 5) is 52.7. The average molecular weight is 813 g/mol. The first-order chi connectivity index (χ1) is 28.4. The Morgan fingerprint density at radius 2 is 1.63 bits per heavy atom. The molecule has 1 aromatic heterocycles. The molecule has 0 saturated heterocycles. The van der Waals surface area contributed by atoms with E-state index in [-0.39, 0.29) is 49.2 Å². The first-order valence-electron chi connectivity index (χ1n) is 20.0. The minimum absolute atomic E-state index is 0.0383.